The maximum Gasteiger partial charge on any atom is 0.249 e. The average molecular weight is 427 g/mol. The highest BCUT2D eigenvalue weighted by molar-refractivity contribution is 6.01. The first-order chi connectivity index (χ1) is 15.5. The van der Waals surface area contributed by atoms with Crippen molar-refractivity contribution in [1.82, 2.24) is 10.6 Å². The Balaban J connectivity index is 1.73. The van der Waals surface area contributed by atoms with Gasteiger partial charge in [-0.25, -0.2) is 0 Å². The number of rotatable bonds is 5. The molecule has 2 atom stereocenters. The van der Waals surface area contributed by atoms with Gasteiger partial charge in [-0.05, 0) is 66.9 Å². The molecule has 1 aliphatic heterocycles. The van der Waals surface area contributed by atoms with Crippen molar-refractivity contribution in [1.29, 1.82) is 5.26 Å². The molecule has 0 bridgehead atoms. The summed E-state index contributed by atoms with van der Waals surface area (Å²) in [6, 6.07) is 20.6. The van der Waals surface area contributed by atoms with E-state index < -0.39 is 6.04 Å². The highest BCUT2D eigenvalue weighted by Gasteiger charge is 2.32. The standard InChI is InChI=1S/C26H26N4O2/c1-17(28-2)25(31)29-23-13-12-20-6-3-4-9-24(20)30(26(23)32)16-21-8-5-7-19-11-10-18(15-27)14-22(19)21/h3-11,14,17,23,28H,12-13,16H2,1-2H3,(H,29,31). The van der Waals surface area contributed by atoms with E-state index in [9.17, 15) is 14.9 Å². The van der Waals surface area contributed by atoms with Crippen LogP contribution in [-0.2, 0) is 22.6 Å². The number of nitriles is 1. The number of hydrogen-bond acceptors (Lipinski definition) is 4. The van der Waals surface area contributed by atoms with Crippen molar-refractivity contribution in [3.8, 4) is 6.07 Å². The fourth-order valence-electron chi connectivity index (χ4n) is 4.16. The highest BCUT2D eigenvalue weighted by Crippen LogP contribution is 2.30. The number of aryl methyl sites for hydroxylation is 1. The molecule has 2 N–H and O–H groups in total. The Morgan fingerprint density at radius 3 is 2.78 bits per heavy atom. The SMILES string of the molecule is CNC(C)C(=O)NC1CCc2ccccc2N(Cc2cccc3ccc(C#N)cc23)C1=O. The lowest BCUT2D eigenvalue weighted by atomic mass is 10.0. The molecule has 4 rings (SSSR count). The summed E-state index contributed by atoms with van der Waals surface area (Å²) in [5.41, 5.74) is 3.48. The molecule has 0 saturated heterocycles. The van der Waals surface area contributed by atoms with E-state index in [2.05, 4.69) is 16.7 Å². The second-order valence-electron chi connectivity index (χ2n) is 8.13. The second kappa shape index (κ2) is 9.21. The number of anilines is 1. The molecule has 3 aromatic carbocycles. The summed E-state index contributed by atoms with van der Waals surface area (Å²) in [6.45, 7) is 2.13. The molecule has 0 saturated carbocycles. The van der Waals surface area contributed by atoms with Crippen LogP contribution in [0.3, 0.4) is 0 Å². The lowest BCUT2D eigenvalue weighted by Crippen LogP contribution is -2.52. The number of benzene rings is 3. The zero-order chi connectivity index (χ0) is 22.7. The summed E-state index contributed by atoms with van der Waals surface area (Å²) in [5, 5.41) is 17.2. The maximum atomic E-state index is 13.7. The first-order valence-electron chi connectivity index (χ1n) is 10.8. The van der Waals surface area contributed by atoms with Crippen molar-refractivity contribution in [2.45, 2.75) is 38.4 Å². The van der Waals surface area contributed by atoms with Crippen LogP contribution in [-0.4, -0.2) is 30.9 Å². The third kappa shape index (κ3) is 4.20. The van der Waals surface area contributed by atoms with Gasteiger partial charge in [-0.3, -0.25) is 9.59 Å². The van der Waals surface area contributed by atoms with Crippen molar-refractivity contribution in [2.75, 3.05) is 11.9 Å². The number of nitrogens with zero attached hydrogens (tertiary/aromatic N) is 2. The first kappa shape index (κ1) is 21.5. The van der Waals surface area contributed by atoms with E-state index in [1.165, 1.54) is 0 Å². The molecule has 0 fully saturated rings. The molecule has 2 unspecified atom stereocenters. The Bertz CT molecular complexity index is 1210. The van der Waals surface area contributed by atoms with E-state index in [0.29, 0.717) is 24.9 Å². The molecule has 0 radical (unpaired) electrons. The Morgan fingerprint density at radius 2 is 2.00 bits per heavy atom. The van der Waals surface area contributed by atoms with Crippen molar-refractivity contribution in [3.05, 3.63) is 77.4 Å². The minimum absolute atomic E-state index is 0.125. The van der Waals surface area contributed by atoms with Crippen molar-refractivity contribution in [2.24, 2.45) is 0 Å². The third-order valence-corrected chi connectivity index (χ3v) is 6.12. The molecule has 32 heavy (non-hydrogen) atoms. The Hall–Kier alpha value is -3.69. The molecule has 0 aromatic heterocycles. The molecule has 3 aromatic rings. The van der Waals surface area contributed by atoms with Gasteiger partial charge in [-0.1, -0.05) is 42.5 Å². The number of carbonyl (C=O) groups excluding carboxylic acids is 2. The van der Waals surface area contributed by atoms with E-state index in [1.807, 2.05) is 54.6 Å². The summed E-state index contributed by atoms with van der Waals surface area (Å²) in [4.78, 5) is 27.9. The number of para-hydroxylation sites is 1. The zero-order valence-electron chi connectivity index (χ0n) is 18.3. The lowest BCUT2D eigenvalue weighted by molar-refractivity contribution is -0.128. The van der Waals surface area contributed by atoms with Gasteiger partial charge in [0, 0.05) is 5.69 Å². The van der Waals surface area contributed by atoms with Crippen LogP contribution in [0.2, 0.25) is 0 Å². The van der Waals surface area contributed by atoms with Gasteiger partial charge >= 0.3 is 0 Å². The predicted molar refractivity (Wildman–Crippen MR) is 125 cm³/mol. The molecule has 162 valence electrons. The molecular formula is C26H26N4O2. The Labute approximate surface area is 187 Å². The summed E-state index contributed by atoms with van der Waals surface area (Å²) in [5.74, 6) is -0.319. The molecule has 0 aliphatic carbocycles. The van der Waals surface area contributed by atoms with Crippen LogP contribution in [0, 0.1) is 11.3 Å². The topological polar surface area (TPSA) is 85.2 Å². The third-order valence-electron chi connectivity index (χ3n) is 6.12. The van der Waals surface area contributed by atoms with Gasteiger partial charge in [0.1, 0.15) is 6.04 Å². The molecule has 0 spiro atoms. The van der Waals surface area contributed by atoms with Crippen molar-refractivity contribution >= 4 is 28.3 Å². The summed E-state index contributed by atoms with van der Waals surface area (Å²) in [6.07, 6.45) is 1.24. The fourth-order valence-corrected chi connectivity index (χ4v) is 4.16. The number of carbonyl (C=O) groups is 2. The van der Waals surface area contributed by atoms with Crippen LogP contribution in [0.1, 0.15) is 30.0 Å². The van der Waals surface area contributed by atoms with Gasteiger partial charge in [0.15, 0.2) is 0 Å². The zero-order valence-corrected chi connectivity index (χ0v) is 18.3. The van der Waals surface area contributed by atoms with Crippen LogP contribution >= 0.6 is 0 Å². The summed E-state index contributed by atoms with van der Waals surface area (Å²) >= 11 is 0. The van der Waals surface area contributed by atoms with Crippen LogP contribution in [0.4, 0.5) is 5.69 Å². The Morgan fingerprint density at radius 1 is 1.19 bits per heavy atom. The van der Waals surface area contributed by atoms with E-state index in [0.717, 1.165) is 27.6 Å². The lowest BCUT2D eigenvalue weighted by Gasteiger charge is -2.27. The smallest absolute Gasteiger partial charge is 0.249 e. The van der Waals surface area contributed by atoms with Gasteiger partial charge in [-0.15, -0.1) is 0 Å². The minimum atomic E-state index is -0.602. The van der Waals surface area contributed by atoms with Crippen molar-refractivity contribution in [3.63, 3.8) is 0 Å². The largest absolute Gasteiger partial charge is 0.343 e. The van der Waals surface area contributed by atoms with Crippen LogP contribution in [0.15, 0.2) is 60.7 Å². The van der Waals surface area contributed by atoms with Gasteiger partial charge in [0.25, 0.3) is 0 Å². The maximum absolute atomic E-state index is 13.7. The van der Waals surface area contributed by atoms with Gasteiger partial charge < -0.3 is 15.5 Å². The number of likely N-dealkylation sites (N-methyl/N-ethyl adjacent to an activating group) is 1. The molecule has 1 aliphatic rings. The van der Waals surface area contributed by atoms with Gasteiger partial charge in [0.2, 0.25) is 11.8 Å². The number of hydrogen-bond donors (Lipinski definition) is 2. The molecule has 1 heterocycles. The van der Waals surface area contributed by atoms with E-state index in [1.54, 1.807) is 24.9 Å². The number of amides is 2. The molecule has 6 nitrogen and oxygen atoms in total. The summed E-state index contributed by atoms with van der Waals surface area (Å²) in [7, 11) is 1.72. The van der Waals surface area contributed by atoms with E-state index >= 15 is 0 Å². The predicted octanol–water partition coefficient (Wildman–Crippen LogP) is 3.28. The quantitative estimate of drug-likeness (QED) is 0.656. The molecule has 2 amide bonds. The number of fused-ring (bicyclic) bond motifs is 2. The van der Waals surface area contributed by atoms with Crippen LogP contribution < -0.4 is 15.5 Å². The summed E-state index contributed by atoms with van der Waals surface area (Å²) < 4.78 is 0. The van der Waals surface area contributed by atoms with E-state index in [4.69, 9.17) is 0 Å². The highest BCUT2D eigenvalue weighted by atomic mass is 16.2. The van der Waals surface area contributed by atoms with Gasteiger partial charge in [0.05, 0.1) is 24.2 Å². The minimum Gasteiger partial charge on any atom is -0.343 e. The average Bonchev–Trinajstić information content (AvgIpc) is 2.95. The normalized spacial score (nSPS) is 16.7. The first-order valence-corrected chi connectivity index (χ1v) is 10.8. The van der Waals surface area contributed by atoms with Crippen molar-refractivity contribution < 1.29 is 9.59 Å². The fraction of sp³-hybridized carbons (Fsp3) is 0.269. The Kier molecular flexibility index (Phi) is 6.20. The van der Waals surface area contributed by atoms with Crippen LogP contribution in [0.5, 0.6) is 0 Å². The van der Waals surface area contributed by atoms with Crippen LogP contribution in [0.25, 0.3) is 10.8 Å². The van der Waals surface area contributed by atoms with E-state index in [-0.39, 0.29) is 17.9 Å². The molecule has 6 heteroatoms. The van der Waals surface area contributed by atoms with Gasteiger partial charge in [-0.2, -0.15) is 5.26 Å². The second-order valence-corrected chi connectivity index (χ2v) is 8.13. The number of nitrogens with one attached hydrogen (secondary N) is 2. The monoisotopic (exact) mass is 426 g/mol. The molecular weight excluding hydrogens is 400 g/mol.